The molecule has 0 aliphatic carbocycles. The van der Waals surface area contributed by atoms with Crippen LogP contribution in [0.1, 0.15) is 13.3 Å². The minimum Gasteiger partial charge on any atom is -0.427 e. The molecule has 0 radical (unpaired) electrons. The van der Waals surface area contributed by atoms with E-state index in [9.17, 15) is 18.0 Å². The molecule has 0 saturated carbocycles. The highest BCUT2D eigenvalue weighted by molar-refractivity contribution is 5.62. The molecule has 1 aliphatic rings. The fourth-order valence-corrected chi connectivity index (χ4v) is 0.968. The molecule has 12 heavy (non-hydrogen) atoms. The van der Waals surface area contributed by atoms with Gasteiger partial charge in [0.25, 0.3) is 0 Å². The Morgan fingerprint density at radius 3 is 2.33 bits per heavy atom. The molecule has 1 fully saturated rings. The number of hydrogen-bond donors (Lipinski definition) is 0. The Bertz CT molecular complexity index is 189. The summed E-state index contributed by atoms with van der Waals surface area (Å²) in [6.07, 6.45) is -8.99. The Kier molecular flexibility index (Phi) is 2.16. The third-order valence-corrected chi connectivity index (χ3v) is 1.53. The Labute approximate surface area is 66.4 Å². The van der Waals surface area contributed by atoms with E-state index in [1.54, 1.807) is 0 Å². The van der Waals surface area contributed by atoms with Crippen LogP contribution in [0, 0.1) is 0 Å². The summed E-state index contributed by atoms with van der Waals surface area (Å²) in [5, 5.41) is 0. The maximum Gasteiger partial charge on any atom is 0.509 e. The maximum atomic E-state index is 12.0. The minimum atomic E-state index is -4.53. The van der Waals surface area contributed by atoms with Crippen LogP contribution in [0.4, 0.5) is 18.0 Å². The maximum absolute atomic E-state index is 12.0. The predicted molar refractivity (Wildman–Crippen MR) is 31.5 cm³/mol. The van der Waals surface area contributed by atoms with Crippen LogP contribution < -0.4 is 0 Å². The molecule has 0 amide bonds. The van der Waals surface area contributed by atoms with Gasteiger partial charge in [-0.15, -0.1) is 0 Å². The van der Waals surface area contributed by atoms with Crippen molar-refractivity contribution in [3.05, 3.63) is 0 Å². The van der Waals surface area contributed by atoms with Crippen molar-refractivity contribution in [3.8, 4) is 0 Å². The topological polar surface area (TPSA) is 35.5 Å². The molecule has 1 rings (SSSR count). The van der Waals surface area contributed by atoms with E-state index < -0.39 is 24.5 Å². The van der Waals surface area contributed by atoms with Crippen LogP contribution in [0.25, 0.3) is 0 Å². The van der Waals surface area contributed by atoms with Gasteiger partial charge in [0.05, 0.1) is 0 Å². The zero-order valence-corrected chi connectivity index (χ0v) is 6.22. The average molecular weight is 184 g/mol. The van der Waals surface area contributed by atoms with E-state index in [-0.39, 0.29) is 6.42 Å². The van der Waals surface area contributed by atoms with Gasteiger partial charge in [-0.3, -0.25) is 0 Å². The van der Waals surface area contributed by atoms with Crippen molar-refractivity contribution in [3.63, 3.8) is 0 Å². The molecule has 0 aromatic heterocycles. The lowest BCUT2D eigenvalue weighted by atomic mass is 10.1. The van der Waals surface area contributed by atoms with Gasteiger partial charge in [0.15, 0.2) is 6.10 Å². The molecule has 0 aromatic carbocycles. The molecular formula is C6H7F3O3. The first-order valence-electron chi connectivity index (χ1n) is 3.39. The van der Waals surface area contributed by atoms with E-state index in [1.165, 1.54) is 6.92 Å². The van der Waals surface area contributed by atoms with Gasteiger partial charge in [0, 0.05) is 0 Å². The Hall–Kier alpha value is -0.940. The lowest BCUT2D eigenvalue weighted by Gasteiger charge is -2.15. The van der Waals surface area contributed by atoms with Crippen molar-refractivity contribution in [1.29, 1.82) is 0 Å². The van der Waals surface area contributed by atoms with Crippen LogP contribution >= 0.6 is 0 Å². The van der Waals surface area contributed by atoms with Crippen molar-refractivity contribution in [2.75, 3.05) is 0 Å². The van der Waals surface area contributed by atoms with Crippen LogP contribution in [-0.2, 0) is 9.47 Å². The minimum absolute atomic E-state index is 0.0932. The molecule has 1 saturated heterocycles. The van der Waals surface area contributed by atoms with Crippen LogP contribution in [0.2, 0.25) is 0 Å². The SMILES string of the molecule is CCC1OC(=O)OC1C(F)(F)F. The smallest absolute Gasteiger partial charge is 0.427 e. The number of halogens is 3. The molecule has 1 aliphatic heterocycles. The van der Waals surface area contributed by atoms with Crippen molar-refractivity contribution in [1.82, 2.24) is 0 Å². The van der Waals surface area contributed by atoms with E-state index in [4.69, 9.17) is 0 Å². The van der Waals surface area contributed by atoms with Gasteiger partial charge in [-0.2, -0.15) is 13.2 Å². The van der Waals surface area contributed by atoms with Crippen LogP contribution in [0.15, 0.2) is 0 Å². The molecule has 2 unspecified atom stereocenters. The lowest BCUT2D eigenvalue weighted by molar-refractivity contribution is -0.203. The average Bonchev–Trinajstić information content (AvgIpc) is 2.29. The number of carbonyl (C=O) groups is 1. The second kappa shape index (κ2) is 2.84. The quantitative estimate of drug-likeness (QED) is 0.583. The number of cyclic esters (lactones) is 2. The molecule has 0 aromatic rings. The summed E-state index contributed by atoms with van der Waals surface area (Å²) in [5.41, 5.74) is 0. The summed E-state index contributed by atoms with van der Waals surface area (Å²) in [5.74, 6) is 0. The van der Waals surface area contributed by atoms with Gasteiger partial charge in [-0.05, 0) is 6.42 Å². The summed E-state index contributed by atoms with van der Waals surface area (Å²) in [6, 6.07) is 0. The van der Waals surface area contributed by atoms with Crippen LogP contribution in [0.5, 0.6) is 0 Å². The molecule has 70 valence electrons. The molecule has 2 atom stereocenters. The number of hydrogen-bond acceptors (Lipinski definition) is 3. The second-order valence-electron chi connectivity index (χ2n) is 2.39. The zero-order valence-electron chi connectivity index (χ0n) is 6.22. The summed E-state index contributed by atoms with van der Waals surface area (Å²) < 4.78 is 44.3. The van der Waals surface area contributed by atoms with Crippen molar-refractivity contribution >= 4 is 6.16 Å². The van der Waals surface area contributed by atoms with Gasteiger partial charge in [-0.1, -0.05) is 6.92 Å². The van der Waals surface area contributed by atoms with Crippen molar-refractivity contribution in [2.45, 2.75) is 31.7 Å². The van der Waals surface area contributed by atoms with Gasteiger partial charge in [-0.25, -0.2) is 4.79 Å². The monoisotopic (exact) mass is 184 g/mol. The Balaban J connectivity index is 2.70. The Morgan fingerprint density at radius 1 is 1.42 bits per heavy atom. The van der Waals surface area contributed by atoms with Crippen LogP contribution in [-0.4, -0.2) is 24.5 Å². The number of alkyl halides is 3. The standard InChI is InChI=1S/C6H7F3O3/c1-2-3-4(6(7,8)9)12-5(10)11-3/h3-4H,2H2,1H3. The fourth-order valence-electron chi connectivity index (χ4n) is 0.968. The van der Waals surface area contributed by atoms with E-state index in [0.29, 0.717) is 0 Å². The van der Waals surface area contributed by atoms with Crippen molar-refractivity contribution < 1.29 is 27.4 Å². The number of carbonyl (C=O) groups excluding carboxylic acids is 1. The summed E-state index contributed by atoms with van der Waals surface area (Å²) in [6.45, 7) is 1.49. The molecular weight excluding hydrogens is 177 g/mol. The summed E-state index contributed by atoms with van der Waals surface area (Å²) in [7, 11) is 0. The number of ether oxygens (including phenoxy) is 2. The van der Waals surface area contributed by atoms with Crippen LogP contribution in [0.3, 0.4) is 0 Å². The second-order valence-corrected chi connectivity index (χ2v) is 2.39. The summed E-state index contributed by atoms with van der Waals surface area (Å²) in [4.78, 5) is 10.3. The summed E-state index contributed by atoms with van der Waals surface area (Å²) >= 11 is 0. The molecule has 6 heteroatoms. The zero-order chi connectivity index (χ0) is 9.35. The van der Waals surface area contributed by atoms with E-state index in [1.807, 2.05) is 0 Å². The lowest BCUT2D eigenvalue weighted by Crippen LogP contribution is -2.37. The molecule has 3 nitrogen and oxygen atoms in total. The predicted octanol–water partition coefficient (Wildman–Crippen LogP) is 1.86. The highest BCUT2D eigenvalue weighted by Crippen LogP contribution is 2.32. The highest BCUT2D eigenvalue weighted by Gasteiger charge is 2.53. The first-order valence-corrected chi connectivity index (χ1v) is 3.39. The van der Waals surface area contributed by atoms with Gasteiger partial charge < -0.3 is 9.47 Å². The van der Waals surface area contributed by atoms with Gasteiger partial charge in [0.2, 0.25) is 6.10 Å². The normalized spacial score (nSPS) is 29.8. The molecule has 1 heterocycles. The molecule has 0 bridgehead atoms. The number of rotatable bonds is 1. The Morgan fingerprint density at radius 2 is 2.00 bits per heavy atom. The molecule has 0 N–H and O–H groups in total. The van der Waals surface area contributed by atoms with E-state index in [0.717, 1.165) is 0 Å². The van der Waals surface area contributed by atoms with E-state index in [2.05, 4.69) is 9.47 Å². The molecule has 0 spiro atoms. The first kappa shape index (κ1) is 9.15. The van der Waals surface area contributed by atoms with E-state index >= 15 is 0 Å². The van der Waals surface area contributed by atoms with Gasteiger partial charge in [0.1, 0.15) is 0 Å². The highest BCUT2D eigenvalue weighted by atomic mass is 19.4. The largest absolute Gasteiger partial charge is 0.509 e. The third-order valence-electron chi connectivity index (χ3n) is 1.53. The third kappa shape index (κ3) is 1.62. The van der Waals surface area contributed by atoms with Crippen molar-refractivity contribution in [2.24, 2.45) is 0 Å². The van der Waals surface area contributed by atoms with Gasteiger partial charge >= 0.3 is 12.3 Å². The first-order chi connectivity index (χ1) is 5.45. The fraction of sp³-hybridized carbons (Fsp3) is 0.833.